The monoisotopic (exact) mass is 377 g/mol. The summed E-state index contributed by atoms with van der Waals surface area (Å²) in [6.45, 7) is 9.77. The van der Waals surface area contributed by atoms with E-state index in [4.69, 9.17) is 0 Å². The van der Waals surface area contributed by atoms with E-state index in [1.807, 2.05) is 13.8 Å². The minimum absolute atomic E-state index is 0.0493. The highest BCUT2D eigenvalue weighted by atomic mass is 19.1. The highest BCUT2D eigenvalue weighted by Gasteiger charge is 2.25. The van der Waals surface area contributed by atoms with Crippen LogP contribution in [0, 0.1) is 17.7 Å². The molecule has 2 atom stereocenters. The quantitative estimate of drug-likeness (QED) is 0.732. The van der Waals surface area contributed by atoms with E-state index >= 15 is 0 Å². The van der Waals surface area contributed by atoms with Crippen molar-refractivity contribution in [2.75, 3.05) is 26.2 Å². The van der Waals surface area contributed by atoms with Gasteiger partial charge in [0.1, 0.15) is 11.9 Å². The summed E-state index contributed by atoms with van der Waals surface area (Å²) in [6, 6.07) is 4.69. The molecule has 2 N–H and O–H groups in total. The van der Waals surface area contributed by atoms with Crippen LogP contribution in [0.4, 0.5) is 4.39 Å². The number of halogens is 1. The Morgan fingerprint density at radius 1 is 1.07 bits per heavy atom. The summed E-state index contributed by atoms with van der Waals surface area (Å²) in [5, 5.41) is 5.75. The number of rotatable bonds is 8. The highest BCUT2D eigenvalue weighted by molar-refractivity contribution is 5.97. The molecule has 2 amide bonds. The molecule has 0 saturated carbocycles. The molecule has 1 fully saturated rings. The standard InChI is InChI=1S/C21H32FN3O2/c1-15(2)19(24-20(26)17-7-9-18(22)10-8-17)21(27)23-13-16(3)14-25-11-5-4-6-12-25/h7-10,15-16,19H,4-6,11-14H2,1-3H3,(H,23,27)(H,24,26). The molecule has 0 spiro atoms. The zero-order valence-corrected chi connectivity index (χ0v) is 16.6. The molecule has 27 heavy (non-hydrogen) atoms. The van der Waals surface area contributed by atoms with E-state index in [1.165, 1.54) is 43.5 Å². The number of nitrogens with zero attached hydrogens (tertiary/aromatic N) is 1. The van der Waals surface area contributed by atoms with Crippen LogP contribution < -0.4 is 10.6 Å². The third-order valence-corrected chi connectivity index (χ3v) is 4.99. The second-order valence-corrected chi connectivity index (χ2v) is 7.91. The van der Waals surface area contributed by atoms with Crippen molar-refractivity contribution in [1.82, 2.24) is 15.5 Å². The molecule has 1 saturated heterocycles. The zero-order chi connectivity index (χ0) is 19.8. The smallest absolute Gasteiger partial charge is 0.251 e. The van der Waals surface area contributed by atoms with E-state index < -0.39 is 11.9 Å². The molecule has 6 heteroatoms. The van der Waals surface area contributed by atoms with Gasteiger partial charge in [-0.1, -0.05) is 27.2 Å². The van der Waals surface area contributed by atoms with Crippen LogP contribution in [0.3, 0.4) is 0 Å². The Labute approximate surface area is 161 Å². The Morgan fingerprint density at radius 3 is 2.30 bits per heavy atom. The molecule has 1 aromatic carbocycles. The van der Waals surface area contributed by atoms with Gasteiger partial charge in [0.05, 0.1) is 0 Å². The summed E-state index contributed by atoms with van der Waals surface area (Å²) >= 11 is 0. The van der Waals surface area contributed by atoms with Gasteiger partial charge >= 0.3 is 0 Å². The summed E-state index contributed by atoms with van der Waals surface area (Å²) in [4.78, 5) is 27.4. The van der Waals surface area contributed by atoms with Gasteiger partial charge in [-0.25, -0.2) is 4.39 Å². The number of hydrogen-bond acceptors (Lipinski definition) is 3. The van der Waals surface area contributed by atoms with Gasteiger partial charge in [0.2, 0.25) is 5.91 Å². The van der Waals surface area contributed by atoms with Crippen LogP contribution >= 0.6 is 0 Å². The van der Waals surface area contributed by atoms with Crippen molar-refractivity contribution in [3.63, 3.8) is 0 Å². The van der Waals surface area contributed by atoms with Crippen LogP contribution in [-0.4, -0.2) is 48.9 Å². The lowest BCUT2D eigenvalue weighted by atomic mass is 10.0. The number of nitrogens with one attached hydrogen (secondary N) is 2. The summed E-state index contributed by atoms with van der Waals surface area (Å²) in [7, 11) is 0. The number of likely N-dealkylation sites (tertiary alicyclic amines) is 1. The summed E-state index contributed by atoms with van der Waals surface area (Å²) in [5.41, 5.74) is 0.341. The average Bonchev–Trinajstić information content (AvgIpc) is 2.65. The number of carbonyl (C=O) groups excluding carboxylic acids is 2. The number of amides is 2. The molecular weight excluding hydrogens is 345 g/mol. The fourth-order valence-corrected chi connectivity index (χ4v) is 3.39. The fraction of sp³-hybridized carbons (Fsp3) is 0.619. The second-order valence-electron chi connectivity index (χ2n) is 7.91. The van der Waals surface area contributed by atoms with Crippen molar-refractivity contribution in [2.24, 2.45) is 11.8 Å². The lowest BCUT2D eigenvalue weighted by molar-refractivity contribution is -0.124. The Kier molecular flexibility index (Phi) is 8.23. The molecular formula is C21H32FN3O2. The normalized spacial score (nSPS) is 17.4. The van der Waals surface area contributed by atoms with Gasteiger partial charge in [0.15, 0.2) is 0 Å². The molecule has 150 valence electrons. The van der Waals surface area contributed by atoms with Crippen LogP contribution in [-0.2, 0) is 4.79 Å². The zero-order valence-electron chi connectivity index (χ0n) is 16.6. The van der Waals surface area contributed by atoms with Gasteiger partial charge in [0, 0.05) is 18.7 Å². The predicted molar refractivity (Wildman–Crippen MR) is 105 cm³/mol. The number of carbonyl (C=O) groups is 2. The molecule has 1 aliphatic rings. The predicted octanol–water partition coefficient (Wildman–Crippen LogP) is 2.82. The van der Waals surface area contributed by atoms with Crippen LogP contribution in [0.25, 0.3) is 0 Å². The van der Waals surface area contributed by atoms with Crippen LogP contribution in [0.1, 0.15) is 50.4 Å². The van der Waals surface area contributed by atoms with Gasteiger partial charge in [-0.15, -0.1) is 0 Å². The largest absolute Gasteiger partial charge is 0.354 e. The first kappa shape index (κ1) is 21.4. The van der Waals surface area contributed by atoms with E-state index in [2.05, 4.69) is 22.5 Å². The molecule has 2 rings (SSSR count). The molecule has 2 unspecified atom stereocenters. The molecule has 1 heterocycles. The fourth-order valence-electron chi connectivity index (χ4n) is 3.39. The number of benzene rings is 1. The Balaban J connectivity index is 1.84. The molecule has 0 aromatic heterocycles. The lowest BCUT2D eigenvalue weighted by Crippen LogP contribution is -2.51. The van der Waals surface area contributed by atoms with Crippen molar-refractivity contribution in [3.05, 3.63) is 35.6 Å². The average molecular weight is 378 g/mol. The number of piperidine rings is 1. The van der Waals surface area contributed by atoms with Crippen molar-refractivity contribution < 1.29 is 14.0 Å². The van der Waals surface area contributed by atoms with Crippen molar-refractivity contribution in [2.45, 2.75) is 46.1 Å². The molecule has 1 aromatic rings. The van der Waals surface area contributed by atoms with Gasteiger partial charge in [-0.2, -0.15) is 0 Å². The van der Waals surface area contributed by atoms with Crippen LogP contribution in [0.5, 0.6) is 0 Å². The molecule has 1 aliphatic heterocycles. The van der Waals surface area contributed by atoms with E-state index in [-0.39, 0.29) is 17.7 Å². The van der Waals surface area contributed by atoms with Gasteiger partial charge in [-0.3, -0.25) is 9.59 Å². The van der Waals surface area contributed by atoms with E-state index in [9.17, 15) is 14.0 Å². The number of hydrogen-bond donors (Lipinski definition) is 2. The second kappa shape index (κ2) is 10.4. The van der Waals surface area contributed by atoms with E-state index in [1.54, 1.807) is 0 Å². The first-order chi connectivity index (χ1) is 12.9. The van der Waals surface area contributed by atoms with Crippen LogP contribution in [0.2, 0.25) is 0 Å². The minimum atomic E-state index is -0.621. The Hall–Kier alpha value is -1.95. The van der Waals surface area contributed by atoms with E-state index in [0.29, 0.717) is 18.0 Å². The molecule has 0 bridgehead atoms. The summed E-state index contributed by atoms with van der Waals surface area (Å²) in [6.07, 6.45) is 3.82. The maximum atomic E-state index is 13.0. The van der Waals surface area contributed by atoms with Crippen LogP contribution in [0.15, 0.2) is 24.3 Å². The third-order valence-electron chi connectivity index (χ3n) is 4.99. The minimum Gasteiger partial charge on any atom is -0.354 e. The van der Waals surface area contributed by atoms with E-state index in [0.717, 1.165) is 19.6 Å². The van der Waals surface area contributed by atoms with Crippen molar-refractivity contribution in [1.29, 1.82) is 0 Å². The van der Waals surface area contributed by atoms with Crippen molar-refractivity contribution >= 4 is 11.8 Å². The third kappa shape index (κ3) is 6.94. The first-order valence-electron chi connectivity index (χ1n) is 9.93. The molecule has 5 nitrogen and oxygen atoms in total. The van der Waals surface area contributed by atoms with Gasteiger partial charge < -0.3 is 15.5 Å². The first-order valence-corrected chi connectivity index (χ1v) is 9.93. The lowest BCUT2D eigenvalue weighted by Gasteiger charge is -2.29. The van der Waals surface area contributed by atoms with Gasteiger partial charge in [-0.05, 0) is 62.0 Å². The highest BCUT2D eigenvalue weighted by Crippen LogP contribution is 2.11. The van der Waals surface area contributed by atoms with Gasteiger partial charge in [0.25, 0.3) is 5.91 Å². The SMILES string of the molecule is CC(CNC(=O)C(NC(=O)c1ccc(F)cc1)C(C)C)CN1CCCCC1. The molecule has 0 radical (unpaired) electrons. The maximum absolute atomic E-state index is 13.0. The van der Waals surface area contributed by atoms with Crippen molar-refractivity contribution in [3.8, 4) is 0 Å². The summed E-state index contributed by atoms with van der Waals surface area (Å²) in [5.74, 6) is -0.636. The molecule has 0 aliphatic carbocycles. The summed E-state index contributed by atoms with van der Waals surface area (Å²) < 4.78 is 13.0. The maximum Gasteiger partial charge on any atom is 0.251 e. The Bertz CT molecular complexity index is 612. The topological polar surface area (TPSA) is 61.4 Å². The Morgan fingerprint density at radius 2 is 1.70 bits per heavy atom.